The Hall–Kier alpha value is -1.03. The van der Waals surface area contributed by atoms with Crippen molar-refractivity contribution in [3.8, 4) is 11.5 Å². The molecule has 3 nitrogen and oxygen atoms in total. The van der Waals surface area contributed by atoms with E-state index >= 15 is 0 Å². The van der Waals surface area contributed by atoms with Gasteiger partial charge in [0.1, 0.15) is 11.5 Å². The summed E-state index contributed by atoms with van der Waals surface area (Å²) >= 11 is 4.19. The Morgan fingerprint density at radius 1 is 1.17 bits per heavy atom. The van der Waals surface area contributed by atoms with E-state index in [-0.39, 0.29) is 0 Å². The average Bonchev–Trinajstić information content (AvgIpc) is 2.10. The van der Waals surface area contributed by atoms with Gasteiger partial charge in [-0.05, 0) is 12.1 Å². The van der Waals surface area contributed by atoms with Crippen LogP contribution in [0.4, 0.5) is 5.69 Å². The number of benzene rings is 1. The van der Waals surface area contributed by atoms with Crippen molar-refractivity contribution in [2.45, 2.75) is 4.90 Å². The molecule has 0 amide bonds. The molecular formula is C8H11NO2S. The standard InChI is InChI=1S/C8H11NO2S/c1-10-5-3-4-6(11-2)8(12)7(5)9/h3-4,12H,9H2,1-2H3. The van der Waals surface area contributed by atoms with E-state index in [0.717, 1.165) is 0 Å². The first-order valence-electron chi connectivity index (χ1n) is 3.40. The molecule has 0 unspecified atom stereocenters. The zero-order valence-corrected chi connectivity index (χ0v) is 7.89. The number of nitrogen functional groups attached to an aromatic ring is 1. The minimum atomic E-state index is 0.500. The number of ether oxygens (including phenoxy) is 2. The zero-order chi connectivity index (χ0) is 9.14. The van der Waals surface area contributed by atoms with Crippen molar-refractivity contribution in [1.82, 2.24) is 0 Å². The van der Waals surface area contributed by atoms with Gasteiger partial charge < -0.3 is 15.2 Å². The van der Waals surface area contributed by atoms with Crippen molar-refractivity contribution in [3.63, 3.8) is 0 Å². The summed E-state index contributed by atoms with van der Waals surface area (Å²) in [6, 6.07) is 3.51. The summed E-state index contributed by atoms with van der Waals surface area (Å²) in [4.78, 5) is 0.608. The Morgan fingerprint density at radius 3 is 2.17 bits per heavy atom. The molecule has 0 saturated carbocycles. The third kappa shape index (κ3) is 1.43. The van der Waals surface area contributed by atoms with Crippen molar-refractivity contribution < 1.29 is 9.47 Å². The van der Waals surface area contributed by atoms with Gasteiger partial charge in [-0.2, -0.15) is 0 Å². The lowest BCUT2D eigenvalue weighted by Gasteiger charge is -2.09. The third-order valence-corrected chi connectivity index (χ3v) is 2.04. The lowest BCUT2D eigenvalue weighted by atomic mass is 10.3. The van der Waals surface area contributed by atoms with Crippen LogP contribution in [-0.4, -0.2) is 14.2 Å². The Morgan fingerprint density at radius 2 is 1.67 bits per heavy atom. The minimum Gasteiger partial charge on any atom is -0.496 e. The molecule has 1 aromatic rings. The van der Waals surface area contributed by atoms with Gasteiger partial charge in [-0.25, -0.2) is 0 Å². The topological polar surface area (TPSA) is 44.5 Å². The van der Waals surface area contributed by atoms with Gasteiger partial charge in [-0.15, -0.1) is 12.6 Å². The second-order valence-electron chi connectivity index (χ2n) is 2.23. The van der Waals surface area contributed by atoms with E-state index in [2.05, 4.69) is 12.6 Å². The second kappa shape index (κ2) is 3.58. The molecule has 66 valence electrons. The van der Waals surface area contributed by atoms with Crippen molar-refractivity contribution in [2.75, 3.05) is 20.0 Å². The van der Waals surface area contributed by atoms with Crippen molar-refractivity contribution >= 4 is 18.3 Å². The molecule has 0 aliphatic rings. The maximum absolute atomic E-state index is 5.69. The smallest absolute Gasteiger partial charge is 0.143 e. The summed E-state index contributed by atoms with van der Waals surface area (Å²) in [5, 5.41) is 0. The number of thiol groups is 1. The zero-order valence-electron chi connectivity index (χ0n) is 7.00. The predicted molar refractivity (Wildman–Crippen MR) is 51.2 cm³/mol. The van der Waals surface area contributed by atoms with Crippen LogP contribution in [0.15, 0.2) is 17.0 Å². The molecule has 0 bridgehead atoms. The number of nitrogens with two attached hydrogens (primary N) is 1. The molecule has 0 aliphatic carbocycles. The van der Waals surface area contributed by atoms with Gasteiger partial charge in [-0.1, -0.05) is 0 Å². The summed E-state index contributed by atoms with van der Waals surface area (Å²) in [5.74, 6) is 1.26. The highest BCUT2D eigenvalue weighted by Crippen LogP contribution is 2.35. The molecule has 2 N–H and O–H groups in total. The van der Waals surface area contributed by atoms with E-state index in [4.69, 9.17) is 15.2 Å². The van der Waals surface area contributed by atoms with Crippen LogP contribution >= 0.6 is 12.6 Å². The highest BCUT2D eigenvalue weighted by molar-refractivity contribution is 7.80. The lowest BCUT2D eigenvalue weighted by Crippen LogP contribution is -1.95. The minimum absolute atomic E-state index is 0.500. The first-order chi connectivity index (χ1) is 5.70. The van der Waals surface area contributed by atoms with Crippen LogP contribution in [0.25, 0.3) is 0 Å². The molecule has 0 atom stereocenters. The molecule has 0 aromatic heterocycles. The number of hydrogen-bond donors (Lipinski definition) is 2. The molecule has 0 saturated heterocycles. The van der Waals surface area contributed by atoms with Gasteiger partial charge in [0.25, 0.3) is 0 Å². The first-order valence-corrected chi connectivity index (χ1v) is 3.84. The molecular weight excluding hydrogens is 174 g/mol. The summed E-state index contributed by atoms with van der Waals surface area (Å²) in [6.45, 7) is 0. The van der Waals surface area contributed by atoms with Gasteiger partial charge in [0.2, 0.25) is 0 Å². The van der Waals surface area contributed by atoms with Crippen LogP contribution in [0.2, 0.25) is 0 Å². The lowest BCUT2D eigenvalue weighted by molar-refractivity contribution is 0.396. The number of anilines is 1. The molecule has 0 spiro atoms. The summed E-state index contributed by atoms with van der Waals surface area (Å²) < 4.78 is 10.0. The maximum Gasteiger partial charge on any atom is 0.143 e. The van der Waals surface area contributed by atoms with E-state index in [1.165, 1.54) is 0 Å². The van der Waals surface area contributed by atoms with Crippen LogP contribution in [0.3, 0.4) is 0 Å². The quantitative estimate of drug-likeness (QED) is 0.543. The number of rotatable bonds is 2. The fourth-order valence-electron chi connectivity index (χ4n) is 0.912. The maximum atomic E-state index is 5.69. The van der Waals surface area contributed by atoms with Crippen molar-refractivity contribution in [1.29, 1.82) is 0 Å². The van der Waals surface area contributed by atoms with Gasteiger partial charge in [0.05, 0.1) is 24.8 Å². The monoisotopic (exact) mass is 185 g/mol. The predicted octanol–water partition coefficient (Wildman–Crippen LogP) is 1.57. The van der Waals surface area contributed by atoms with Crippen molar-refractivity contribution in [2.24, 2.45) is 0 Å². The Balaban J connectivity index is 3.20. The molecule has 0 heterocycles. The van der Waals surface area contributed by atoms with Crippen LogP contribution in [0, 0.1) is 0 Å². The first kappa shape index (κ1) is 9.06. The molecule has 0 radical (unpaired) electrons. The Bertz CT molecular complexity index is 260. The highest BCUT2D eigenvalue weighted by atomic mass is 32.1. The Labute approximate surface area is 76.9 Å². The molecule has 0 aliphatic heterocycles. The van der Waals surface area contributed by atoms with E-state index < -0.39 is 0 Å². The van der Waals surface area contributed by atoms with Crippen LogP contribution < -0.4 is 15.2 Å². The van der Waals surface area contributed by atoms with Gasteiger partial charge in [0.15, 0.2) is 0 Å². The summed E-state index contributed by atoms with van der Waals surface area (Å²) in [6.07, 6.45) is 0. The van der Waals surface area contributed by atoms with Gasteiger partial charge >= 0.3 is 0 Å². The second-order valence-corrected chi connectivity index (χ2v) is 2.68. The number of hydrogen-bond acceptors (Lipinski definition) is 4. The number of methoxy groups -OCH3 is 2. The van der Waals surface area contributed by atoms with Gasteiger partial charge in [0, 0.05) is 0 Å². The molecule has 0 fully saturated rings. The van der Waals surface area contributed by atoms with Crippen LogP contribution in [-0.2, 0) is 0 Å². The average molecular weight is 185 g/mol. The van der Waals surface area contributed by atoms with Crippen molar-refractivity contribution in [3.05, 3.63) is 12.1 Å². The molecule has 1 aromatic carbocycles. The highest BCUT2D eigenvalue weighted by Gasteiger charge is 2.07. The van der Waals surface area contributed by atoms with E-state index in [0.29, 0.717) is 22.1 Å². The Kier molecular flexibility index (Phi) is 2.70. The van der Waals surface area contributed by atoms with E-state index in [1.54, 1.807) is 26.4 Å². The molecule has 4 heteroatoms. The van der Waals surface area contributed by atoms with Gasteiger partial charge in [-0.3, -0.25) is 0 Å². The van der Waals surface area contributed by atoms with E-state index in [1.807, 2.05) is 0 Å². The molecule has 12 heavy (non-hydrogen) atoms. The van der Waals surface area contributed by atoms with E-state index in [9.17, 15) is 0 Å². The van der Waals surface area contributed by atoms with Crippen LogP contribution in [0.5, 0.6) is 11.5 Å². The summed E-state index contributed by atoms with van der Waals surface area (Å²) in [7, 11) is 3.13. The molecule has 1 rings (SSSR count). The van der Waals surface area contributed by atoms with Crippen LogP contribution in [0.1, 0.15) is 0 Å². The SMILES string of the molecule is COc1ccc(OC)c(S)c1N. The summed E-state index contributed by atoms with van der Waals surface area (Å²) in [5.41, 5.74) is 6.19. The third-order valence-electron chi connectivity index (χ3n) is 1.58. The largest absolute Gasteiger partial charge is 0.496 e. The fraction of sp³-hybridized carbons (Fsp3) is 0.250. The fourth-order valence-corrected chi connectivity index (χ4v) is 1.19. The normalized spacial score (nSPS) is 9.58.